The Hall–Kier alpha value is -0.610. The molecule has 1 atom stereocenters. The Kier molecular flexibility index (Phi) is 7.63. The molecule has 0 aliphatic heterocycles. The molecule has 1 amide bonds. The van der Waals surface area contributed by atoms with Crippen molar-refractivity contribution in [2.75, 3.05) is 26.9 Å². The smallest absolute Gasteiger partial charge is 0.246 e. The van der Waals surface area contributed by atoms with Gasteiger partial charge in [-0.1, -0.05) is 6.92 Å². The van der Waals surface area contributed by atoms with Gasteiger partial charge in [-0.2, -0.15) is 0 Å². The number of ether oxygens (including phenoxy) is 2. The molecule has 0 aromatic rings. The summed E-state index contributed by atoms with van der Waals surface area (Å²) in [6.45, 7) is 5.12. The molecular formula is C9H19NO3. The van der Waals surface area contributed by atoms with Gasteiger partial charge in [0.1, 0.15) is 6.61 Å². The summed E-state index contributed by atoms with van der Waals surface area (Å²) < 4.78 is 9.91. The minimum absolute atomic E-state index is 0.0780. The second-order valence-electron chi connectivity index (χ2n) is 2.77. The Morgan fingerprint density at radius 3 is 2.62 bits per heavy atom. The average molecular weight is 189 g/mol. The van der Waals surface area contributed by atoms with Gasteiger partial charge in [0.15, 0.2) is 0 Å². The third kappa shape index (κ3) is 6.54. The predicted molar refractivity (Wildman–Crippen MR) is 50.6 cm³/mol. The molecule has 0 heterocycles. The van der Waals surface area contributed by atoms with Crippen molar-refractivity contribution < 1.29 is 14.3 Å². The van der Waals surface area contributed by atoms with E-state index in [4.69, 9.17) is 9.47 Å². The Morgan fingerprint density at radius 2 is 2.15 bits per heavy atom. The van der Waals surface area contributed by atoms with E-state index in [0.717, 1.165) is 6.42 Å². The third-order valence-electron chi connectivity index (χ3n) is 1.66. The van der Waals surface area contributed by atoms with E-state index in [1.54, 1.807) is 7.11 Å². The molecule has 78 valence electrons. The van der Waals surface area contributed by atoms with Crippen LogP contribution in [0.2, 0.25) is 0 Å². The molecule has 0 saturated heterocycles. The quantitative estimate of drug-likeness (QED) is 0.636. The Balaban J connectivity index is 3.60. The van der Waals surface area contributed by atoms with Gasteiger partial charge in [0.05, 0.1) is 12.6 Å². The first-order valence-electron chi connectivity index (χ1n) is 4.60. The zero-order valence-corrected chi connectivity index (χ0v) is 8.63. The molecule has 0 saturated carbocycles. The SMILES string of the molecule is CCOCC(=O)NC(CC)COC. The fourth-order valence-electron chi connectivity index (χ4n) is 0.927. The molecule has 0 spiro atoms. The molecule has 0 rings (SSSR count). The molecule has 4 heteroatoms. The highest BCUT2D eigenvalue weighted by Crippen LogP contribution is 1.91. The van der Waals surface area contributed by atoms with Crippen molar-refractivity contribution in [2.24, 2.45) is 0 Å². The summed E-state index contributed by atoms with van der Waals surface area (Å²) in [5.41, 5.74) is 0. The average Bonchev–Trinajstić information content (AvgIpc) is 2.14. The zero-order valence-electron chi connectivity index (χ0n) is 8.63. The van der Waals surface area contributed by atoms with E-state index in [-0.39, 0.29) is 18.6 Å². The molecule has 0 aliphatic carbocycles. The number of hydrogen-bond donors (Lipinski definition) is 1. The van der Waals surface area contributed by atoms with Gasteiger partial charge in [0.2, 0.25) is 5.91 Å². The first-order valence-corrected chi connectivity index (χ1v) is 4.60. The zero-order chi connectivity index (χ0) is 10.1. The number of methoxy groups -OCH3 is 1. The van der Waals surface area contributed by atoms with Crippen LogP contribution in [0.25, 0.3) is 0 Å². The van der Waals surface area contributed by atoms with Gasteiger partial charge < -0.3 is 14.8 Å². The highest BCUT2D eigenvalue weighted by Gasteiger charge is 2.09. The second-order valence-corrected chi connectivity index (χ2v) is 2.77. The predicted octanol–water partition coefficient (Wildman–Crippen LogP) is 0.564. The van der Waals surface area contributed by atoms with Crippen molar-refractivity contribution in [3.63, 3.8) is 0 Å². The lowest BCUT2D eigenvalue weighted by atomic mass is 10.2. The van der Waals surface area contributed by atoms with Gasteiger partial charge in [0.25, 0.3) is 0 Å². The van der Waals surface area contributed by atoms with Crippen LogP contribution in [0.5, 0.6) is 0 Å². The molecule has 4 nitrogen and oxygen atoms in total. The summed E-state index contributed by atoms with van der Waals surface area (Å²) in [4.78, 5) is 11.2. The van der Waals surface area contributed by atoms with Crippen LogP contribution >= 0.6 is 0 Å². The summed E-state index contributed by atoms with van der Waals surface area (Å²) >= 11 is 0. The van der Waals surface area contributed by atoms with Gasteiger partial charge >= 0.3 is 0 Å². The first kappa shape index (κ1) is 12.4. The van der Waals surface area contributed by atoms with Crippen LogP contribution in [-0.4, -0.2) is 38.9 Å². The second kappa shape index (κ2) is 8.01. The van der Waals surface area contributed by atoms with Crippen molar-refractivity contribution in [3.8, 4) is 0 Å². The van der Waals surface area contributed by atoms with Crippen molar-refractivity contribution in [1.29, 1.82) is 0 Å². The van der Waals surface area contributed by atoms with E-state index in [2.05, 4.69) is 5.32 Å². The molecule has 13 heavy (non-hydrogen) atoms. The minimum Gasteiger partial charge on any atom is -0.383 e. The van der Waals surface area contributed by atoms with E-state index in [9.17, 15) is 4.79 Å². The van der Waals surface area contributed by atoms with Crippen LogP contribution in [-0.2, 0) is 14.3 Å². The molecule has 0 fully saturated rings. The Labute approximate surface area is 79.6 Å². The van der Waals surface area contributed by atoms with Crippen LogP contribution in [0, 0.1) is 0 Å². The maximum absolute atomic E-state index is 11.2. The van der Waals surface area contributed by atoms with E-state index in [0.29, 0.717) is 13.2 Å². The van der Waals surface area contributed by atoms with Gasteiger partial charge in [0, 0.05) is 13.7 Å². The van der Waals surface area contributed by atoms with Crippen LogP contribution in [0.15, 0.2) is 0 Å². The molecule has 1 N–H and O–H groups in total. The number of rotatable bonds is 7. The van der Waals surface area contributed by atoms with Gasteiger partial charge in [-0.05, 0) is 13.3 Å². The van der Waals surface area contributed by atoms with Crippen LogP contribution in [0.3, 0.4) is 0 Å². The van der Waals surface area contributed by atoms with Crippen LogP contribution in [0.1, 0.15) is 20.3 Å². The van der Waals surface area contributed by atoms with Gasteiger partial charge in [-0.3, -0.25) is 4.79 Å². The molecule has 1 unspecified atom stereocenters. The lowest BCUT2D eigenvalue weighted by Crippen LogP contribution is -2.39. The molecule has 0 radical (unpaired) electrons. The molecule has 0 aromatic heterocycles. The fourth-order valence-corrected chi connectivity index (χ4v) is 0.927. The Bertz CT molecular complexity index is 139. The number of carbonyl (C=O) groups is 1. The molecule has 0 aromatic carbocycles. The third-order valence-corrected chi connectivity index (χ3v) is 1.66. The Morgan fingerprint density at radius 1 is 1.46 bits per heavy atom. The number of hydrogen-bond acceptors (Lipinski definition) is 3. The number of nitrogens with one attached hydrogen (secondary N) is 1. The van der Waals surface area contributed by atoms with Crippen molar-refractivity contribution in [1.82, 2.24) is 5.32 Å². The topological polar surface area (TPSA) is 47.6 Å². The maximum atomic E-state index is 11.2. The van der Waals surface area contributed by atoms with Gasteiger partial charge in [-0.15, -0.1) is 0 Å². The normalized spacial score (nSPS) is 12.5. The maximum Gasteiger partial charge on any atom is 0.246 e. The summed E-state index contributed by atoms with van der Waals surface area (Å²) in [6, 6.07) is 0.0953. The lowest BCUT2D eigenvalue weighted by molar-refractivity contribution is -0.126. The summed E-state index contributed by atoms with van der Waals surface area (Å²) in [5, 5.41) is 2.81. The minimum atomic E-state index is -0.0780. The van der Waals surface area contributed by atoms with E-state index >= 15 is 0 Å². The van der Waals surface area contributed by atoms with Gasteiger partial charge in [-0.25, -0.2) is 0 Å². The molecule has 0 aliphatic rings. The van der Waals surface area contributed by atoms with Crippen molar-refractivity contribution in [3.05, 3.63) is 0 Å². The fraction of sp³-hybridized carbons (Fsp3) is 0.889. The van der Waals surface area contributed by atoms with Crippen molar-refractivity contribution in [2.45, 2.75) is 26.3 Å². The largest absolute Gasteiger partial charge is 0.383 e. The highest BCUT2D eigenvalue weighted by molar-refractivity contribution is 5.77. The summed E-state index contributed by atoms with van der Waals surface area (Å²) in [5.74, 6) is -0.0780. The molecule has 0 bridgehead atoms. The van der Waals surface area contributed by atoms with E-state index in [1.807, 2.05) is 13.8 Å². The van der Waals surface area contributed by atoms with Crippen molar-refractivity contribution >= 4 is 5.91 Å². The summed E-state index contributed by atoms with van der Waals surface area (Å²) in [7, 11) is 1.62. The number of amides is 1. The lowest BCUT2D eigenvalue weighted by Gasteiger charge is -2.15. The standard InChI is InChI=1S/C9H19NO3/c1-4-8(6-12-3)10-9(11)7-13-5-2/h8H,4-7H2,1-3H3,(H,10,11). The summed E-state index contributed by atoms with van der Waals surface area (Å²) in [6.07, 6.45) is 0.867. The monoisotopic (exact) mass is 189 g/mol. The first-order chi connectivity index (χ1) is 6.24. The molecular weight excluding hydrogens is 170 g/mol. The van der Waals surface area contributed by atoms with E-state index in [1.165, 1.54) is 0 Å². The highest BCUT2D eigenvalue weighted by atomic mass is 16.5. The van der Waals surface area contributed by atoms with Crippen LogP contribution in [0.4, 0.5) is 0 Å². The van der Waals surface area contributed by atoms with Crippen LogP contribution < -0.4 is 5.32 Å². The number of carbonyl (C=O) groups excluding carboxylic acids is 1. The van der Waals surface area contributed by atoms with E-state index < -0.39 is 0 Å².